The number of rotatable bonds is 8. The van der Waals surface area contributed by atoms with Crippen molar-refractivity contribution in [2.75, 3.05) is 5.32 Å². The summed E-state index contributed by atoms with van der Waals surface area (Å²) in [6, 6.07) is 0.0573. The van der Waals surface area contributed by atoms with Gasteiger partial charge in [-0.05, 0) is 12.1 Å². The molecule has 0 radical (unpaired) electrons. The van der Waals surface area contributed by atoms with Gasteiger partial charge in [0.1, 0.15) is 17.6 Å². The largest absolute Gasteiger partial charge is 0.480 e. The van der Waals surface area contributed by atoms with Gasteiger partial charge < -0.3 is 26.4 Å². The minimum absolute atomic E-state index is 0.0296. The molecule has 0 aromatic heterocycles. The Morgan fingerprint density at radius 2 is 1.83 bits per heavy atom. The van der Waals surface area contributed by atoms with Crippen molar-refractivity contribution >= 4 is 29.3 Å². The lowest BCUT2D eigenvalue weighted by molar-refractivity contribution is -0.385. The molecule has 0 spiro atoms. The number of nitrogens with two attached hydrogens (primary N) is 1. The van der Waals surface area contributed by atoms with Crippen LogP contribution in [0.2, 0.25) is 0 Å². The van der Waals surface area contributed by atoms with Gasteiger partial charge in [0.15, 0.2) is 0 Å². The second-order valence-electron chi connectivity index (χ2n) is 4.51. The van der Waals surface area contributed by atoms with Crippen molar-refractivity contribution in [1.29, 1.82) is 0 Å². The Labute approximate surface area is 128 Å². The van der Waals surface area contributed by atoms with E-state index in [0.717, 1.165) is 18.2 Å². The SMILES string of the molecule is N[C@@H](CC(Nc1ccc([N+](=O)[O-])c(C(=O)O)c1)C(=O)O)C(=O)O. The number of nitro benzene ring substituents is 1. The summed E-state index contributed by atoms with van der Waals surface area (Å²) in [4.78, 5) is 42.7. The van der Waals surface area contributed by atoms with Gasteiger partial charge in [0, 0.05) is 18.2 Å². The number of aliphatic carboxylic acids is 2. The predicted molar refractivity (Wildman–Crippen MR) is 75.3 cm³/mol. The molecular formula is C12H13N3O8. The van der Waals surface area contributed by atoms with Crippen LogP contribution in [0.3, 0.4) is 0 Å². The van der Waals surface area contributed by atoms with E-state index in [-0.39, 0.29) is 5.69 Å². The number of anilines is 1. The second-order valence-corrected chi connectivity index (χ2v) is 4.51. The fourth-order valence-electron chi connectivity index (χ4n) is 1.73. The smallest absolute Gasteiger partial charge is 0.342 e. The van der Waals surface area contributed by atoms with E-state index < -0.39 is 52.6 Å². The van der Waals surface area contributed by atoms with E-state index in [9.17, 15) is 24.5 Å². The summed E-state index contributed by atoms with van der Waals surface area (Å²) in [6.45, 7) is 0. The number of carboxylic acid groups (broad SMARTS) is 3. The second kappa shape index (κ2) is 7.17. The highest BCUT2D eigenvalue weighted by atomic mass is 16.6. The van der Waals surface area contributed by atoms with E-state index in [4.69, 9.17) is 21.1 Å². The lowest BCUT2D eigenvalue weighted by atomic mass is 10.1. The summed E-state index contributed by atoms with van der Waals surface area (Å²) >= 11 is 0. The number of hydrogen-bond acceptors (Lipinski definition) is 7. The predicted octanol–water partition coefficient (Wildman–Crippen LogP) is -0.0399. The van der Waals surface area contributed by atoms with Crippen LogP contribution in [0.1, 0.15) is 16.8 Å². The molecule has 1 unspecified atom stereocenters. The highest BCUT2D eigenvalue weighted by Gasteiger charge is 2.26. The van der Waals surface area contributed by atoms with Gasteiger partial charge in [0.05, 0.1) is 4.92 Å². The number of hydrogen-bond donors (Lipinski definition) is 5. The first-order valence-electron chi connectivity index (χ1n) is 6.13. The van der Waals surface area contributed by atoms with Gasteiger partial charge >= 0.3 is 17.9 Å². The summed E-state index contributed by atoms with van der Waals surface area (Å²) in [5.74, 6) is -4.36. The van der Waals surface area contributed by atoms with Crippen molar-refractivity contribution in [2.45, 2.75) is 18.5 Å². The fourth-order valence-corrected chi connectivity index (χ4v) is 1.73. The Bertz CT molecular complexity index is 660. The Morgan fingerprint density at radius 1 is 1.22 bits per heavy atom. The summed E-state index contributed by atoms with van der Waals surface area (Å²) < 4.78 is 0. The average molecular weight is 327 g/mol. The third-order valence-corrected chi connectivity index (χ3v) is 2.87. The van der Waals surface area contributed by atoms with Crippen LogP contribution in [0.5, 0.6) is 0 Å². The molecule has 0 saturated heterocycles. The molecule has 6 N–H and O–H groups in total. The molecule has 0 amide bonds. The van der Waals surface area contributed by atoms with Crippen LogP contribution < -0.4 is 11.1 Å². The fraction of sp³-hybridized carbons (Fsp3) is 0.250. The number of carboxylic acids is 3. The molecular weight excluding hydrogens is 314 g/mol. The van der Waals surface area contributed by atoms with Crippen molar-refractivity contribution in [3.8, 4) is 0 Å². The zero-order valence-corrected chi connectivity index (χ0v) is 11.5. The number of nitro groups is 1. The van der Waals surface area contributed by atoms with Gasteiger partial charge in [-0.3, -0.25) is 14.9 Å². The molecule has 0 aliphatic heterocycles. The molecule has 0 aliphatic carbocycles. The molecule has 11 nitrogen and oxygen atoms in total. The number of carbonyl (C=O) groups is 3. The van der Waals surface area contributed by atoms with Gasteiger partial charge in [-0.15, -0.1) is 0 Å². The molecule has 1 aromatic rings. The topological polar surface area (TPSA) is 193 Å². The van der Waals surface area contributed by atoms with Crippen LogP contribution >= 0.6 is 0 Å². The number of benzene rings is 1. The standard InChI is InChI=1S/C12H13N3O8/c13-7(11(18)19)4-8(12(20)21)14-5-1-2-9(15(22)23)6(3-5)10(16)17/h1-3,7-8,14H,4,13H2,(H,16,17)(H,18,19)(H,20,21)/t7-,8?/m0/s1. The summed E-state index contributed by atoms with van der Waals surface area (Å²) in [5.41, 5.74) is 3.95. The Kier molecular flexibility index (Phi) is 5.57. The van der Waals surface area contributed by atoms with Crippen LogP contribution in [0, 0.1) is 10.1 Å². The van der Waals surface area contributed by atoms with Gasteiger partial charge in [-0.2, -0.15) is 0 Å². The third-order valence-electron chi connectivity index (χ3n) is 2.87. The first-order chi connectivity index (χ1) is 10.6. The van der Waals surface area contributed by atoms with E-state index in [2.05, 4.69) is 5.32 Å². The minimum atomic E-state index is -1.56. The van der Waals surface area contributed by atoms with Crippen molar-refractivity contribution in [2.24, 2.45) is 5.73 Å². The van der Waals surface area contributed by atoms with Gasteiger partial charge in [-0.25, -0.2) is 9.59 Å². The highest BCUT2D eigenvalue weighted by Crippen LogP contribution is 2.23. The lowest BCUT2D eigenvalue weighted by Gasteiger charge is -2.18. The van der Waals surface area contributed by atoms with Crippen molar-refractivity contribution in [3.63, 3.8) is 0 Å². The van der Waals surface area contributed by atoms with E-state index in [1.165, 1.54) is 0 Å². The highest BCUT2D eigenvalue weighted by molar-refractivity contribution is 5.94. The molecule has 1 rings (SSSR count). The maximum Gasteiger partial charge on any atom is 0.342 e. The Balaban J connectivity index is 3.07. The van der Waals surface area contributed by atoms with E-state index in [1.807, 2.05) is 0 Å². The number of aromatic carboxylic acids is 1. The molecule has 124 valence electrons. The van der Waals surface area contributed by atoms with Crippen LogP contribution in [0.4, 0.5) is 11.4 Å². The first kappa shape index (κ1) is 17.8. The maximum atomic E-state index is 11.1. The van der Waals surface area contributed by atoms with E-state index in [0.29, 0.717) is 0 Å². The summed E-state index contributed by atoms with van der Waals surface area (Å²) in [7, 11) is 0. The number of nitrogens with one attached hydrogen (secondary N) is 1. The quantitative estimate of drug-likeness (QED) is 0.319. The Hall–Kier alpha value is -3.21. The van der Waals surface area contributed by atoms with Crippen LogP contribution in [-0.4, -0.2) is 50.2 Å². The zero-order valence-electron chi connectivity index (χ0n) is 11.5. The normalized spacial score (nSPS) is 12.9. The molecule has 1 aromatic carbocycles. The van der Waals surface area contributed by atoms with E-state index >= 15 is 0 Å². The molecule has 0 fully saturated rings. The lowest BCUT2D eigenvalue weighted by Crippen LogP contribution is -2.40. The van der Waals surface area contributed by atoms with Crippen LogP contribution in [0.25, 0.3) is 0 Å². The van der Waals surface area contributed by atoms with Crippen molar-refractivity contribution < 1.29 is 34.6 Å². The van der Waals surface area contributed by atoms with Gasteiger partial charge in [0.2, 0.25) is 0 Å². The van der Waals surface area contributed by atoms with Crippen molar-refractivity contribution in [3.05, 3.63) is 33.9 Å². The van der Waals surface area contributed by atoms with Crippen LogP contribution in [-0.2, 0) is 9.59 Å². The molecule has 23 heavy (non-hydrogen) atoms. The van der Waals surface area contributed by atoms with Gasteiger partial charge in [0.25, 0.3) is 5.69 Å². The Morgan fingerprint density at radius 3 is 2.26 bits per heavy atom. The zero-order chi connectivity index (χ0) is 17.7. The van der Waals surface area contributed by atoms with Crippen LogP contribution in [0.15, 0.2) is 18.2 Å². The number of nitrogens with zero attached hydrogens (tertiary/aromatic N) is 1. The molecule has 0 bridgehead atoms. The van der Waals surface area contributed by atoms with Crippen molar-refractivity contribution in [1.82, 2.24) is 0 Å². The summed E-state index contributed by atoms with van der Waals surface area (Å²) in [5, 5.41) is 39.8. The third kappa shape index (κ3) is 4.64. The average Bonchev–Trinajstić information content (AvgIpc) is 2.45. The maximum absolute atomic E-state index is 11.1. The molecule has 0 aliphatic rings. The molecule has 11 heteroatoms. The summed E-state index contributed by atoms with van der Waals surface area (Å²) in [6.07, 6.45) is -0.468. The monoisotopic (exact) mass is 327 g/mol. The molecule has 0 saturated carbocycles. The first-order valence-corrected chi connectivity index (χ1v) is 6.13. The van der Waals surface area contributed by atoms with E-state index in [1.54, 1.807) is 0 Å². The minimum Gasteiger partial charge on any atom is -0.480 e. The van der Waals surface area contributed by atoms with Gasteiger partial charge in [-0.1, -0.05) is 0 Å². The molecule has 0 heterocycles. The molecule has 2 atom stereocenters.